The number of carboxylic acids is 1. The van der Waals surface area contributed by atoms with Crippen molar-refractivity contribution >= 4 is 51.4 Å². The number of benzene rings is 1. The number of rotatable bonds is 13. The van der Waals surface area contributed by atoms with Crippen LogP contribution in [0.2, 0.25) is 0 Å². The lowest BCUT2D eigenvalue weighted by atomic mass is 10.2. The van der Waals surface area contributed by atoms with E-state index in [0.717, 1.165) is 12.1 Å². The van der Waals surface area contributed by atoms with Gasteiger partial charge in [-0.1, -0.05) is 0 Å². The van der Waals surface area contributed by atoms with E-state index in [9.17, 15) is 32.4 Å². The number of hydrogen-bond donors (Lipinski definition) is 6. The van der Waals surface area contributed by atoms with Crippen LogP contribution in [0.25, 0.3) is 0 Å². The van der Waals surface area contributed by atoms with Gasteiger partial charge in [0.05, 0.1) is 24.5 Å². The molecule has 0 bridgehead atoms. The molecule has 0 heterocycles. The molecular weight excluding hydrogens is 478 g/mol. The predicted octanol–water partition coefficient (Wildman–Crippen LogP) is -2.38. The van der Waals surface area contributed by atoms with E-state index in [1.807, 2.05) is 0 Å². The minimum absolute atomic E-state index is 0.0937. The number of nitrogens with one attached hydrogen (secondary N) is 4. The standard InChI is InChI=1S/C18H25N5O8S2/c1-32-7-6-13(18(28)29)23-16(26)10-21-14(24)8-20-15(25)9-22-17(27)11-2-4-12(5-3-11)33(19,30)31/h2-5,13H,6-10H2,1H3,(H,20,25)(H,21,24)(H,22,27)(H,23,26)(H,28,29)(H2,19,30,31). The van der Waals surface area contributed by atoms with Crippen molar-refractivity contribution in [1.29, 1.82) is 0 Å². The Kier molecular flexibility index (Phi) is 11.3. The molecule has 4 amide bonds. The second-order valence-corrected chi connectivity index (χ2v) is 9.09. The molecule has 13 nitrogen and oxygen atoms in total. The van der Waals surface area contributed by atoms with Crippen molar-refractivity contribution < 1.29 is 37.5 Å². The first-order valence-corrected chi connectivity index (χ1v) is 12.3. The fourth-order valence-corrected chi connectivity index (χ4v) is 3.27. The van der Waals surface area contributed by atoms with Gasteiger partial charge in [0, 0.05) is 5.56 Å². The van der Waals surface area contributed by atoms with E-state index in [1.54, 1.807) is 6.26 Å². The molecule has 1 unspecified atom stereocenters. The van der Waals surface area contributed by atoms with Gasteiger partial charge >= 0.3 is 5.97 Å². The van der Waals surface area contributed by atoms with Crippen LogP contribution in [-0.4, -0.2) is 80.8 Å². The number of hydrogen-bond acceptors (Lipinski definition) is 8. The zero-order valence-electron chi connectivity index (χ0n) is 17.6. The molecule has 182 valence electrons. The van der Waals surface area contributed by atoms with E-state index in [1.165, 1.54) is 23.9 Å². The van der Waals surface area contributed by atoms with Crippen LogP contribution in [0, 0.1) is 0 Å². The molecule has 0 saturated heterocycles. The van der Waals surface area contributed by atoms with Gasteiger partial charge in [0.15, 0.2) is 0 Å². The van der Waals surface area contributed by atoms with Gasteiger partial charge in [-0.15, -0.1) is 0 Å². The lowest BCUT2D eigenvalue weighted by molar-refractivity contribution is -0.141. The molecule has 0 aromatic heterocycles. The summed E-state index contributed by atoms with van der Waals surface area (Å²) < 4.78 is 22.4. The van der Waals surface area contributed by atoms with Gasteiger partial charge < -0.3 is 26.4 Å². The van der Waals surface area contributed by atoms with Crippen LogP contribution in [0.3, 0.4) is 0 Å². The van der Waals surface area contributed by atoms with Crippen molar-refractivity contribution in [3.8, 4) is 0 Å². The van der Waals surface area contributed by atoms with Crippen molar-refractivity contribution in [2.24, 2.45) is 5.14 Å². The Hall–Kier alpha value is -3.17. The highest BCUT2D eigenvalue weighted by molar-refractivity contribution is 7.98. The van der Waals surface area contributed by atoms with Crippen LogP contribution in [0.1, 0.15) is 16.8 Å². The molecule has 0 aliphatic carbocycles. The van der Waals surface area contributed by atoms with E-state index in [2.05, 4.69) is 21.3 Å². The molecule has 1 aromatic carbocycles. The molecule has 0 fully saturated rings. The van der Waals surface area contributed by atoms with E-state index >= 15 is 0 Å². The number of carbonyl (C=O) groups is 5. The second kappa shape index (κ2) is 13.4. The molecule has 0 aliphatic rings. The monoisotopic (exact) mass is 503 g/mol. The number of carboxylic acid groups (broad SMARTS) is 1. The van der Waals surface area contributed by atoms with Gasteiger partial charge in [-0.2, -0.15) is 11.8 Å². The summed E-state index contributed by atoms with van der Waals surface area (Å²) in [6.45, 7) is -1.40. The Morgan fingerprint density at radius 1 is 0.939 bits per heavy atom. The summed E-state index contributed by atoms with van der Waals surface area (Å²) in [5.41, 5.74) is 0.0937. The third kappa shape index (κ3) is 10.8. The molecule has 33 heavy (non-hydrogen) atoms. The fourth-order valence-electron chi connectivity index (χ4n) is 2.28. The highest BCUT2D eigenvalue weighted by atomic mass is 32.2. The summed E-state index contributed by atoms with van der Waals surface area (Å²) in [6.07, 6.45) is 2.03. The topological polar surface area (TPSA) is 214 Å². The average molecular weight is 504 g/mol. The fraction of sp³-hybridized carbons (Fsp3) is 0.389. The van der Waals surface area contributed by atoms with E-state index in [0.29, 0.717) is 5.75 Å². The van der Waals surface area contributed by atoms with Crippen LogP contribution < -0.4 is 26.4 Å². The number of nitrogens with two attached hydrogens (primary N) is 1. The maximum Gasteiger partial charge on any atom is 0.326 e. The lowest BCUT2D eigenvalue weighted by Crippen LogP contribution is -2.47. The maximum absolute atomic E-state index is 12.0. The minimum atomic E-state index is -3.90. The first kappa shape index (κ1) is 27.9. The number of amides is 4. The van der Waals surface area contributed by atoms with E-state index < -0.39 is 65.3 Å². The number of aliphatic carboxylic acids is 1. The average Bonchev–Trinajstić information content (AvgIpc) is 2.76. The van der Waals surface area contributed by atoms with Crippen LogP contribution in [0.15, 0.2) is 29.2 Å². The Morgan fingerprint density at radius 2 is 1.45 bits per heavy atom. The summed E-state index contributed by atoms with van der Waals surface area (Å²) in [6, 6.07) is 3.67. The van der Waals surface area contributed by atoms with Crippen LogP contribution in [0.4, 0.5) is 0 Å². The largest absolute Gasteiger partial charge is 0.480 e. The Morgan fingerprint density at radius 3 is 1.94 bits per heavy atom. The molecule has 1 rings (SSSR count). The van der Waals surface area contributed by atoms with Crippen molar-refractivity contribution in [1.82, 2.24) is 21.3 Å². The van der Waals surface area contributed by atoms with Crippen molar-refractivity contribution in [2.45, 2.75) is 17.4 Å². The SMILES string of the molecule is CSCCC(NC(=O)CNC(=O)CNC(=O)CNC(=O)c1ccc(S(N)(=O)=O)cc1)C(=O)O. The van der Waals surface area contributed by atoms with Gasteiger partial charge in [0.2, 0.25) is 27.7 Å². The molecule has 1 atom stereocenters. The smallest absolute Gasteiger partial charge is 0.326 e. The minimum Gasteiger partial charge on any atom is -0.480 e. The lowest BCUT2D eigenvalue weighted by Gasteiger charge is -2.14. The summed E-state index contributed by atoms with van der Waals surface area (Å²) in [5, 5.41) is 23.1. The molecule has 0 radical (unpaired) electrons. The van der Waals surface area contributed by atoms with Crippen molar-refractivity contribution in [3.05, 3.63) is 29.8 Å². The molecule has 0 saturated carbocycles. The summed E-state index contributed by atoms with van der Waals surface area (Å²) >= 11 is 1.43. The van der Waals surface area contributed by atoms with Gasteiger partial charge in [-0.05, 0) is 42.7 Å². The Labute approximate surface area is 194 Å². The molecule has 15 heteroatoms. The zero-order chi connectivity index (χ0) is 25.0. The van der Waals surface area contributed by atoms with Gasteiger partial charge in [0.1, 0.15) is 6.04 Å². The number of carbonyl (C=O) groups excluding carboxylic acids is 4. The van der Waals surface area contributed by atoms with Gasteiger partial charge in [-0.3, -0.25) is 19.2 Å². The van der Waals surface area contributed by atoms with Gasteiger partial charge in [0.25, 0.3) is 5.91 Å². The molecule has 0 aliphatic heterocycles. The van der Waals surface area contributed by atoms with Crippen LogP contribution >= 0.6 is 11.8 Å². The van der Waals surface area contributed by atoms with E-state index in [4.69, 9.17) is 10.2 Å². The maximum atomic E-state index is 12.0. The quantitative estimate of drug-likeness (QED) is 0.169. The van der Waals surface area contributed by atoms with Crippen molar-refractivity contribution in [2.75, 3.05) is 31.6 Å². The summed E-state index contributed by atoms with van der Waals surface area (Å²) in [5.74, 6) is -3.37. The number of thioether (sulfide) groups is 1. The highest BCUT2D eigenvalue weighted by Gasteiger charge is 2.19. The molecule has 7 N–H and O–H groups in total. The molecular formula is C18H25N5O8S2. The van der Waals surface area contributed by atoms with Crippen LogP contribution in [-0.2, 0) is 29.2 Å². The third-order valence-electron chi connectivity index (χ3n) is 3.99. The third-order valence-corrected chi connectivity index (χ3v) is 5.56. The Balaban J connectivity index is 2.35. The Bertz CT molecular complexity index is 982. The number of primary sulfonamides is 1. The molecule has 0 spiro atoms. The molecule has 1 aromatic rings. The highest BCUT2D eigenvalue weighted by Crippen LogP contribution is 2.08. The first-order chi connectivity index (χ1) is 15.4. The normalized spacial score (nSPS) is 11.7. The first-order valence-electron chi connectivity index (χ1n) is 9.39. The van der Waals surface area contributed by atoms with Crippen molar-refractivity contribution in [3.63, 3.8) is 0 Å². The van der Waals surface area contributed by atoms with Crippen LogP contribution in [0.5, 0.6) is 0 Å². The zero-order valence-corrected chi connectivity index (χ0v) is 19.3. The van der Waals surface area contributed by atoms with Gasteiger partial charge in [-0.25, -0.2) is 18.4 Å². The van der Waals surface area contributed by atoms with E-state index in [-0.39, 0.29) is 16.9 Å². The summed E-state index contributed by atoms with van der Waals surface area (Å²) in [7, 11) is -3.90. The number of sulfonamides is 1. The summed E-state index contributed by atoms with van der Waals surface area (Å²) in [4.78, 5) is 58.2. The predicted molar refractivity (Wildman–Crippen MR) is 119 cm³/mol. The second-order valence-electron chi connectivity index (χ2n) is 6.55.